The molecule has 16 heavy (non-hydrogen) atoms. The van der Waals surface area contributed by atoms with Crippen LogP contribution in [0.3, 0.4) is 0 Å². The highest BCUT2D eigenvalue weighted by Gasteiger charge is 2.14. The molecule has 0 unspecified atom stereocenters. The Labute approximate surface area is 113 Å². The molecular weight excluding hydrogens is 264 g/mol. The van der Waals surface area contributed by atoms with Gasteiger partial charge in [-0.3, -0.25) is 0 Å². The van der Waals surface area contributed by atoms with Gasteiger partial charge in [-0.2, -0.15) is 0 Å². The van der Waals surface area contributed by atoms with Crippen LogP contribution in [0.5, 0.6) is 0 Å². The summed E-state index contributed by atoms with van der Waals surface area (Å²) in [5.41, 5.74) is 1.19. The SMILES string of the molecule is Cl.Clc1ccc(Cl)c(CC2CCNCC2)c1. The van der Waals surface area contributed by atoms with E-state index in [0.717, 1.165) is 35.5 Å². The minimum atomic E-state index is 0. The predicted molar refractivity (Wildman–Crippen MR) is 73.0 cm³/mol. The van der Waals surface area contributed by atoms with Gasteiger partial charge in [0.1, 0.15) is 0 Å². The second-order valence-electron chi connectivity index (χ2n) is 4.13. The molecule has 1 saturated heterocycles. The van der Waals surface area contributed by atoms with Gasteiger partial charge in [0.25, 0.3) is 0 Å². The molecule has 1 aliphatic heterocycles. The van der Waals surface area contributed by atoms with Crippen LogP contribution >= 0.6 is 35.6 Å². The van der Waals surface area contributed by atoms with Crippen LogP contribution in [0, 0.1) is 5.92 Å². The summed E-state index contributed by atoms with van der Waals surface area (Å²) in [6.45, 7) is 2.26. The molecule has 1 heterocycles. The van der Waals surface area contributed by atoms with Gasteiger partial charge in [-0.1, -0.05) is 23.2 Å². The van der Waals surface area contributed by atoms with Crippen LogP contribution in [0.25, 0.3) is 0 Å². The zero-order chi connectivity index (χ0) is 10.7. The van der Waals surface area contributed by atoms with E-state index in [0.29, 0.717) is 0 Å². The molecule has 0 atom stereocenters. The van der Waals surface area contributed by atoms with Crippen LogP contribution in [0.1, 0.15) is 18.4 Å². The Morgan fingerprint density at radius 1 is 1.19 bits per heavy atom. The number of benzene rings is 1. The lowest BCUT2D eigenvalue weighted by molar-refractivity contribution is 0.373. The lowest BCUT2D eigenvalue weighted by atomic mass is 9.91. The molecule has 1 aliphatic rings. The van der Waals surface area contributed by atoms with Crippen molar-refractivity contribution in [2.24, 2.45) is 5.92 Å². The molecule has 0 bridgehead atoms. The summed E-state index contributed by atoms with van der Waals surface area (Å²) in [6, 6.07) is 5.72. The van der Waals surface area contributed by atoms with E-state index in [4.69, 9.17) is 23.2 Å². The first-order chi connectivity index (χ1) is 7.25. The van der Waals surface area contributed by atoms with Crippen molar-refractivity contribution >= 4 is 35.6 Å². The van der Waals surface area contributed by atoms with E-state index in [1.807, 2.05) is 18.2 Å². The molecule has 0 radical (unpaired) electrons. The predicted octanol–water partition coefficient (Wildman–Crippen LogP) is 3.96. The molecule has 2 rings (SSSR count). The third kappa shape index (κ3) is 3.81. The van der Waals surface area contributed by atoms with Crippen molar-refractivity contribution in [3.05, 3.63) is 33.8 Å². The third-order valence-electron chi connectivity index (χ3n) is 2.98. The zero-order valence-corrected chi connectivity index (χ0v) is 11.3. The van der Waals surface area contributed by atoms with Gasteiger partial charge in [-0.25, -0.2) is 0 Å². The number of rotatable bonds is 2. The molecule has 90 valence electrons. The fourth-order valence-electron chi connectivity index (χ4n) is 2.10. The van der Waals surface area contributed by atoms with Crippen molar-refractivity contribution < 1.29 is 0 Å². The summed E-state index contributed by atoms with van der Waals surface area (Å²) in [4.78, 5) is 0. The maximum atomic E-state index is 6.14. The number of piperidine rings is 1. The second kappa shape index (κ2) is 6.70. The average Bonchev–Trinajstić information content (AvgIpc) is 2.25. The molecule has 1 aromatic carbocycles. The molecule has 1 fully saturated rings. The van der Waals surface area contributed by atoms with Crippen molar-refractivity contribution in [3.8, 4) is 0 Å². The van der Waals surface area contributed by atoms with Crippen molar-refractivity contribution in [1.82, 2.24) is 5.32 Å². The molecule has 1 N–H and O–H groups in total. The molecule has 1 aromatic rings. The van der Waals surface area contributed by atoms with Crippen molar-refractivity contribution in [2.45, 2.75) is 19.3 Å². The normalized spacial score (nSPS) is 16.9. The van der Waals surface area contributed by atoms with Gasteiger partial charge in [0.15, 0.2) is 0 Å². The summed E-state index contributed by atoms with van der Waals surface area (Å²) in [5.74, 6) is 0.752. The topological polar surface area (TPSA) is 12.0 Å². The van der Waals surface area contributed by atoms with Gasteiger partial charge in [0.05, 0.1) is 0 Å². The minimum absolute atomic E-state index is 0. The molecule has 0 saturated carbocycles. The van der Waals surface area contributed by atoms with Crippen LogP contribution < -0.4 is 5.32 Å². The van der Waals surface area contributed by atoms with Crippen molar-refractivity contribution in [3.63, 3.8) is 0 Å². The van der Waals surface area contributed by atoms with E-state index < -0.39 is 0 Å². The fraction of sp³-hybridized carbons (Fsp3) is 0.500. The van der Waals surface area contributed by atoms with E-state index in [9.17, 15) is 0 Å². The minimum Gasteiger partial charge on any atom is -0.317 e. The Morgan fingerprint density at radius 3 is 2.56 bits per heavy atom. The summed E-state index contributed by atoms with van der Waals surface area (Å²) >= 11 is 12.1. The largest absolute Gasteiger partial charge is 0.317 e. The lowest BCUT2D eigenvalue weighted by Crippen LogP contribution is -2.28. The van der Waals surface area contributed by atoms with E-state index in [1.165, 1.54) is 18.4 Å². The molecular formula is C12H16Cl3N. The Balaban J connectivity index is 0.00000128. The highest BCUT2D eigenvalue weighted by molar-refractivity contribution is 6.33. The van der Waals surface area contributed by atoms with E-state index >= 15 is 0 Å². The maximum absolute atomic E-state index is 6.14. The van der Waals surface area contributed by atoms with Gasteiger partial charge >= 0.3 is 0 Å². The van der Waals surface area contributed by atoms with Crippen LogP contribution in [0.15, 0.2) is 18.2 Å². The highest BCUT2D eigenvalue weighted by Crippen LogP contribution is 2.26. The molecule has 0 aliphatic carbocycles. The van der Waals surface area contributed by atoms with Crippen molar-refractivity contribution in [1.29, 1.82) is 0 Å². The van der Waals surface area contributed by atoms with Gasteiger partial charge in [0.2, 0.25) is 0 Å². The van der Waals surface area contributed by atoms with E-state index in [2.05, 4.69) is 5.32 Å². The Kier molecular flexibility index (Phi) is 5.91. The first-order valence-corrected chi connectivity index (χ1v) is 6.16. The average molecular weight is 281 g/mol. The Hall–Kier alpha value is 0.0500. The highest BCUT2D eigenvalue weighted by atomic mass is 35.5. The van der Waals surface area contributed by atoms with Crippen LogP contribution in [0.2, 0.25) is 10.0 Å². The summed E-state index contributed by atoms with van der Waals surface area (Å²) in [5, 5.41) is 4.99. The Bertz CT molecular complexity index is 335. The van der Waals surface area contributed by atoms with Gasteiger partial charge in [-0.05, 0) is 62.0 Å². The number of hydrogen-bond acceptors (Lipinski definition) is 1. The lowest BCUT2D eigenvalue weighted by Gasteiger charge is -2.23. The van der Waals surface area contributed by atoms with Gasteiger partial charge in [-0.15, -0.1) is 12.4 Å². The summed E-state index contributed by atoms with van der Waals surface area (Å²) < 4.78 is 0. The van der Waals surface area contributed by atoms with Crippen LogP contribution in [0.4, 0.5) is 0 Å². The number of nitrogens with one attached hydrogen (secondary N) is 1. The van der Waals surface area contributed by atoms with Gasteiger partial charge < -0.3 is 5.32 Å². The Morgan fingerprint density at radius 2 is 1.88 bits per heavy atom. The maximum Gasteiger partial charge on any atom is 0.0439 e. The number of halogens is 3. The summed E-state index contributed by atoms with van der Waals surface area (Å²) in [7, 11) is 0. The van der Waals surface area contributed by atoms with Gasteiger partial charge in [0, 0.05) is 10.0 Å². The standard InChI is InChI=1S/C12H15Cl2N.ClH/c13-11-1-2-12(14)10(8-11)7-9-3-5-15-6-4-9;/h1-2,8-9,15H,3-7H2;1H. The van der Waals surface area contributed by atoms with E-state index in [-0.39, 0.29) is 12.4 Å². The summed E-state index contributed by atoms with van der Waals surface area (Å²) in [6.07, 6.45) is 3.53. The second-order valence-corrected chi connectivity index (χ2v) is 4.98. The smallest absolute Gasteiger partial charge is 0.0439 e. The monoisotopic (exact) mass is 279 g/mol. The third-order valence-corrected chi connectivity index (χ3v) is 3.58. The fourth-order valence-corrected chi connectivity index (χ4v) is 2.49. The first kappa shape index (κ1) is 14.1. The number of hydrogen-bond donors (Lipinski definition) is 1. The molecule has 0 aromatic heterocycles. The van der Waals surface area contributed by atoms with E-state index in [1.54, 1.807) is 0 Å². The molecule has 1 nitrogen and oxygen atoms in total. The molecule has 4 heteroatoms. The first-order valence-electron chi connectivity index (χ1n) is 5.40. The van der Waals surface area contributed by atoms with Crippen molar-refractivity contribution in [2.75, 3.05) is 13.1 Å². The molecule has 0 spiro atoms. The van der Waals surface area contributed by atoms with Crippen LogP contribution in [-0.4, -0.2) is 13.1 Å². The van der Waals surface area contributed by atoms with Crippen LogP contribution in [-0.2, 0) is 6.42 Å². The zero-order valence-electron chi connectivity index (χ0n) is 9.01. The quantitative estimate of drug-likeness (QED) is 0.865. The molecule has 0 amide bonds.